The first-order valence-electron chi connectivity index (χ1n) is 7.77. The number of urea groups is 1. The molecule has 6 heteroatoms. The minimum Gasteiger partial charge on any atom is -0.497 e. The van der Waals surface area contributed by atoms with Crippen LogP contribution in [-0.2, 0) is 6.54 Å². The van der Waals surface area contributed by atoms with Gasteiger partial charge in [0.25, 0.3) is 0 Å². The minimum atomic E-state index is -0.250. The zero-order valence-electron chi connectivity index (χ0n) is 13.5. The van der Waals surface area contributed by atoms with Crippen molar-refractivity contribution in [2.75, 3.05) is 20.3 Å². The van der Waals surface area contributed by atoms with Crippen molar-refractivity contribution in [2.45, 2.75) is 12.6 Å². The molecule has 0 fully saturated rings. The topological polar surface area (TPSA) is 68.8 Å². The molecule has 1 aliphatic heterocycles. The van der Waals surface area contributed by atoms with Gasteiger partial charge in [-0.05, 0) is 29.8 Å². The van der Waals surface area contributed by atoms with Gasteiger partial charge in [0.2, 0.25) is 0 Å². The van der Waals surface area contributed by atoms with Crippen molar-refractivity contribution in [3.8, 4) is 17.2 Å². The summed E-state index contributed by atoms with van der Waals surface area (Å²) in [6.45, 7) is 1.21. The summed E-state index contributed by atoms with van der Waals surface area (Å²) in [4.78, 5) is 11.9. The van der Waals surface area contributed by atoms with E-state index < -0.39 is 0 Å². The van der Waals surface area contributed by atoms with Crippen LogP contribution in [0.25, 0.3) is 0 Å². The fourth-order valence-electron chi connectivity index (χ4n) is 2.40. The van der Waals surface area contributed by atoms with Crippen LogP contribution in [0.1, 0.15) is 5.56 Å². The number of rotatable bonds is 5. The van der Waals surface area contributed by atoms with E-state index in [1.807, 2.05) is 48.5 Å². The van der Waals surface area contributed by atoms with Crippen LogP contribution in [0.15, 0.2) is 48.5 Å². The van der Waals surface area contributed by atoms with Gasteiger partial charge in [0.1, 0.15) is 12.4 Å². The number of nitrogens with one attached hydrogen (secondary N) is 2. The molecule has 0 bridgehead atoms. The number of hydrogen-bond donors (Lipinski definition) is 2. The first-order valence-corrected chi connectivity index (χ1v) is 7.77. The number of methoxy groups -OCH3 is 1. The van der Waals surface area contributed by atoms with E-state index in [4.69, 9.17) is 14.2 Å². The predicted octanol–water partition coefficient (Wildman–Crippen LogP) is 2.33. The highest BCUT2D eigenvalue weighted by Gasteiger charge is 2.20. The van der Waals surface area contributed by atoms with Gasteiger partial charge in [0.15, 0.2) is 17.6 Å². The summed E-state index contributed by atoms with van der Waals surface area (Å²) in [5, 5.41) is 5.60. The molecule has 24 heavy (non-hydrogen) atoms. The summed E-state index contributed by atoms with van der Waals surface area (Å²) in [5.41, 5.74) is 0.968. The lowest BCUT2D eigenvalue weighted by molar-refractivity contribution is 0.0918. The third kappa shape index (κ3) is 4.10. The van der Waals surface area contributed by atoms with Crippen molar-refractivity contribution in [3.05, 3.63) is 54.1 Å². The zero-order chi connectivity index (χ0) is 16.8. The Labute approximate surface area is 140 Å². The third-order valence-electron chi connectivity index (χ3n) is 3.65. The number of ether oxygens (including phenoxy) is 3. The molecule has 1 atom stereocenters. The van der Waals surface area contributed by atoms with E-state index in [-0.39, 0.29) is 12.1 Å². The third-order valence-corrected chi connectivity index (χ3v) is 3.65. The largest absolute Gasteiger partial charge is 0.497 e. The zero-order valence-corrected chi connectivity index (χ0v) is 13.5. The van der Waals surface area contributed by atoms with Crippen molar-refractivity contribution < 1.29 is 19.0 Å². The van der Waals surface area contributed by atoms with E-state index in [1.165, 1.54) is 0 Å². The molecule has 0 saturated heterocycles. The maximum Gasteiger partial charge on any atom is 0.315 e. The Morgan fingerprint density at radius 3 is 2.83 bits per heavy atom. The van der Waals surface area contributed by atoms with Gasteiger partial charge in [-0.1, -0.05) is 24.3 Å². The van der Waals surface area contributed by atoms with Gasteiger partial charge in [-0.2, -0.15) is 0 Å². The van der Waals surface area contributed by atoms with E-state index in [0.29, 0.717) is 25.4 Å². The Balaban J connectivity index is 1.43. The molecule has 0 aliphatic carbocycles. The van der Waals surface area contributed by atoms with Crippen molar-refractivity contribution >= 4 is 6.03 Å². The normalized spacial score (nSPS) is 15.5. The molecule has 2 amide bonds. The van der Waals surface area contributed by atoms with Crippen LogP contribution in [0.3, 0.4) is 0 Å². The molecule has 3 rings (SSSR count). The van der Waals surface area contributed by atoms with Crippen molar-refractivity contribution in [1.29, 1.82) is 0 Å². The van der Waals surface area contributed by atoms with Crippen LogP contribution in [0.4, 0.5) is 4.79 Å². The van der Waals surface area contributed by atoms with Gasteiger partial charge in [-0.15, -0.1) is 0 Å². The van der Waals surface area contributed by atoms with Crippen LogP contribution >= 0.6 is 0 Å². The Hall–Kier alpha value is -2.89. The molecule has 2 aromatic rings. The summed E-state index contributed by atoms with van der Waals surface area (Å²) in [6.07, 6.45) is -0.206. The second-order valence-corrected chi connectivity index (χ2v) is 5.41. The number of benzene rings is 2. The van der Waals surface area contributed by atoms with E-state index in [1.54, 1.807) is 7.11 Å². The molecule has 2 N–H and O–H groups in total. The highest BCUT2D eigenvalue weighted by atomic mass is 16.6. The summed E-state index contributed by atoms with van der Waals surface area (Å²) < 4.78 is 16.6. The van der Waals surface area contributed by atoms with E-state index in [9.17, 15) is 4.79 Å². The Kier molecular flexibility index (Phi) is 5.05. The van der Waals surface area contributed by atoms with Crippen LogP contribution in [0, 0.1) is 0 Å². The highest BCUT2D eigenvalue weighted by Crippen LogP contribution is 2.30. The number of hydrogen-bond acceptors (Lipinski definition) is 4. The lowest BCUT2D eigenvalue weighted by Gasteiger charge is -2.26. The quantitative estimate of drug-likeness (QED) is 0.884. The molecule has 0 unspecified atom stereocenters. The second kappa shape index (κ2) is 7.59. The van der Waals surface area contributed by atoms with Gasteiger partial charge < -0.3 is 24.8 Å². The van der Waals surface area contributed by atoms with Crippen LogP contribution in [0.2, 0.25) is 0 Å². The van der Waals surface area contributed by atoms with Crippen LogP contribution in [0.5, 0.6) is 17.2 Å². The molecule has 0 saturated carbocycles. The maximum atomic E-state index is 11.9. The average molecular weight is 328 g/mol. The number of para-hydroxylation sites is 2. The fourth-order valence-corrected chi connectivity index (χ4v) is 2.40. The molecule has 2 aromatic carbocycles. The maximum absolute atomic E-state index is 11.9. The summed E-state index contributed by atoms with van der Waals surface area (Å²) in [6, 6.07) is 14.8. The fraction of sp³-hybridized carbons (Fsp3) is 0.278. The minimum absolute atomic E-state index is 0.206. The summed E-state index contributed by atoms with van der Waals surface area (Å²) in [7, 11) is 1.61. The predicted molar refractivity (Wildman–Crippen MR) is 89.6 cm³/mol. The smallest absolute Gasteiger partial charge is 0.315 e. The molecular weight excluding hydrogens is 308 g/mol. The van der Waals surface area contributed by atoms with E-state index in [0.717, 1.165) is 17.1 Å². The SMILES string of the molecule is COc1cccc(CNC(=O)NC[C@H]2COc3ccccc3O2)c1. The van der Waals surface area contributed by atoms with E-state index >= 15 is 0 Å². The molecule has 0 radical (unpaired) electrons. The second-order valence-electron chi connectivity index (χ2n) is 5.41. The first-order chi connectivity index (χ1) is 11.7. The monoisotopic (exact) mass is 328 g/mol. The molecule has 126 valence electrons. The molecule has 1 aliphatic rings. The van der Waals surface area contributed by atoms with Crippen molar-refractivity contribution in [3.63, 3.8) is 0 Å². The van der Waals surface area contributed by atoms with Gasteiger partial charge in [-0.25, -0.2) is 4.79 Å². The Morgan fingerprint density at radius 2 is 2.00 bits per heavy atom. The summed E-state index contributed by atoms with van der Waals surface area (Å²) in [5.74, 6) is 2.20. The number of amides is 2. The van der Waals surface area contributed by atoms with Crippen molar-refractivity contribution in [2.24, 2.45) is 0 Å². The molecule has 0 aromatic heterocycles. The standard InChI is InChI=1S/C18H20N2O4/c1-22-14-6-4-5-13(9-14)10-19-18(21)20-11-15-12-23-16-7-2-3-8-17(16)24-15/h2-9,15H,10-12H2,1H3,(H2,19,20,21)/t15-/m0/s1. The molecule has 1 heterocycles. The van der Waals surface area contributed by atoms with Crippen LogP contribution < -0.4 is 24.8 Å². The number of fused-ring (bicyclic) bond motifs is 1. The number of carbonyl (C=O) groups excluding carboxylic acids is 1. The highest BCUT2D eigenvalue weighted by molar-refractivity contribution is 5.73. The van der Waals surface area contributed by atoms with E-state index in [2.05, 4.69) is 10.6 Å². The lowest BCUT2D eigenvalue weighted by Crippen LogP contribution is -2.44. The lowest BCUT2D eigenvalue weighted by atomic mass is 10.2. The van der Waals surface area contributed by atoms with Gasteiger partial charge in [-0.3, -0.25) is 0 Å². The molecule has 0 spiro atoms. The van der Waals surface area contributed by atoms with Crippen molar-refractivity contribution in [1.82, 2.24) is 10.6 Å². The first kappa shape index (κ1) is 16.0. The van der Waals surface area contributed by atoms with Crippen LogP contribution in [-0.4, -0.2) is 32.4 Å². The summed E-state index contributed by atoms with van der Waals surface area (Å²) >= 11 is 0. The van der Waals surface area contributed by atoms with Gasteiger partial charge >= 0.3 is 6.03 Å². The number of carbonyl (C=O) groups is 1. The molecule has 6 nitrogen and oxygen atoms in total. The average Bonchev–Trinajstić information content (AvgIpc) is 2.64. The van der Waals surface area contributed by atoms with Gasteiger partial charge in [0.05, 0.1) is 13.7 Å². The Bertz CT molecular complexity index is 705. The Morgan fingerprint density at radius 1 is 1.17 bits per heavy atom. The van der Waals surface area contributed by atoms with Gasteiger partial charge in [0, 0.05) is 6.54 Å². The molecular formula is C18H20N2O4.